The van der Waals surface area contributed by atoms with Crippen LogP contribution in [-0.2, 0) is 4.79 Å². The van der Waals surface area contributed by atoms with Crippen LogP contribution in [0.25, 0.3) is 0 Å². The Morgan fingerprint density at radius 3 is 2.95 bits per heavy atom. The number of nitrogens with one attached hydrogen (secondary N) is 2. The average molecular weight is 290 g/mol. The van der Waals surface area contributed by atoms with Gasteiger partial charge in [-0.2, -0.15) is 11.8 Å². The van der Waals surface area contributed by atoms with E-state index in [1.807, 2.05) is 11.8 Å². The largest absolute Gasteiger partial charge is 0.349 e. The SMILES string of the molecule is C[C@@H]1C[C@H](NC(=O)C[C@H]2CSCCN2)c2ccccc21. The number of amides is 1. The summed E-state index contributed by atoms with van der Waals surface area (Å²) >= 11 is 1.93. The number of thioether (sulfide) groups is 1. The molecule has 4 heteroatoms. The predicted octanol–water partition coefficient (Wildman–Crippen LogP) is 2.45. The van der Waals surface area contributed by atoms with Crippen LogP contribution in [0.3, 0.4) is 0 Å². The number of carbonyl (C=O) groups excluding carboxylic acids is 1. The minimum atomic E-state index is 0.180. The number of hydrogen-bond acceptors (Lipinski definition) is 3. The molecule has 0 aromatic heterocycles. The molecule has 1 heterocycles. The van der Waals surface area contributed by atoms with E-state index < -0.39 is 0 Å². The van der Waals surface area contributed by atoms with Crippen molar-refractivity contribution in [2.45, 2.75) is 37.8 Å². The fourth-order valence-corrected chi connectivity index (χ4v) is 4.20. The number of benzene rings is 1. The Morgan fingerprint density at radius 1 is 1.40 bits per heavy atom. The van der Waals surface area contributed by atoms with Gasteiger partial charge in [-0.1, -0.05) is 31.2 Å². The zero-order valence-corrected chi connectivity index (χ0v) is 12.7. The first-order valence-electron chi connectivity index (χ1n) is 7.43. The molecule has 0 unspecified atom stereocenters. The Hall–Kier alpha value is -1.00. The topological polar surface area (TPSA) is 41.1 Å². The number of hydrogen-bond donors (Lipinski definition) is 2. The van der Waals surface area contributed by atoms with E-state index in [4.69, 9.17) is 0 Å². The summed E-state index contributed by atoms with van der Waals surface area (Å²) in [5.74, 6) is 2.93. The Labute approximate surface area is 124 Å². The zero-order chi connectivity index (χ0) is 13.9. The minimum absolute atomic E-state index is 0.180. The molecule has 2 aliphatic rings. The molecule has 108 valence electrons. The van der Waals surface area contributed by atoms with Crippen LogP contribution in [0.4, 0.5) is 0 Å². The molecule has 3 atom stereocenters. The fourth-order valence-electron chi connectivity index (χ4n) is 3.25. The summed E-state index contributed by atoms with van der Waals surface area (Å²) in [6.45, 7) is 3.26. The number of fused-ring (bicyclic) bond motifs is 1. The minimum Gasteiger partial charge on any atom is -0.349 e. The summed E-state index contributed by atoms with van der Waals surface area (Å²) in [6, 6.07) is 9.02. The Balaban J connectivity index is 1.59. The van der Waals surface area contributed by atoms with Gasteiger partial charge in [-0.05, 0) is 23.5 Å². The molecule has 2 N–H and O–H groups in total. The van der Waals surface area contributed by atoms with Gasteiger partial charge < -0.3 is 10.6 Å². The third-order valence-corrected chi connectivity index (χ3v) is 5.39. The lowest BCUT2D eigenvalue weighted by Crippen LogP contribution is -2.41. The van der Waals surface area contributed by atoms with Gasteiger partial charge in [0.2, 0.25) is 5.91 Å². The molecule has 20 heavy (non-hydrogen) atoms. The van der Waals surface area contributed by atoms with E-state index in [1.165, 1.54) is 11.1 Å². The van der Waals surface area contributed by atoms with Gasteiger partial charge in [-0.25, -0.2) is 0 Å². The molecule has 0 bridgehead atoms. The molecule has 1 aliphatic heterocycles. The first-order chi connectivity index (χ1) is 9.74. The first kappa shape index (κ1) is 14.0. The highest BCUT2D eigenvalue weighted by atomic mass is 32.2. The van der Waals surface area contributed by atoms with Gasteiger partial charge in [0.25, 0.3) is 0 Å². The van der Waals surface area contributed by atoms with Crippen LogP contribution in [0.1, 0.15) is 42.9 Å². The van der Waals surface area contributed by atoms with Gasteiger partial charge in [-0.3, -0.25) is 4.79 Å². The van der Waals surface area contributed by atoms with Crippen molar-refractivity contribution in [2.75, 3.05) is 18.1 Å². The van der Waals surface area contributed by atoms with Crippen LogP contribution < -0.4 is 10.6 Å². The van der Waals surface area contributed by atoms with Gasteiger partial charge in [0.15, 0.2) is 0 Å². The Bertz CT molecular complexity index is 485. The molecule has 1 fully saturated rings. The lowest BCUT2D eigenvalue weighted by molar-refractivity contribution is -0.122. The van der Waals surface area contributed by atoms with Gasteiger partial charge in [-0.15, -0.1) is 0 Å². The van der Waals surface area contributed by atoms with E-state index in [-0.39, 0.29) is 11.9 Å². The highest BCUT2D eigenvalue weighted by molar-refractivity contribution is 7.99. The summed E-state index contributed by atoms with van der Waals surface area (Å²) in [6.07, 6.45) is 1.62. The Kier molecular flexibility index (Phi) is 4.32. The molecule has 1 aliphatic carbocycles. The summed E-state index contributed by atoms with van der Waals surface area (Å²) in [5.41, 5.74) is 2.70. The number of carbonyl (C=O) groups is 1. The van der Waals surface area contributed by atoms with E-state index in [2.05, 4.69) is 41.8 Å². The van der Waals surface area contributed by atoms with Crippen molar-refractivity contribution in [1.29, 1.82) is 0 Å². The predicted molar refractivity (Wildman–Crippen MR) is 84.1 cm³/mol. The van der Waals surface area contributed by atoms with Crippen LogP contribution in [0, 0.1) is 0 Å². The summed E-state index contributed by atoms with van der Waals surface area (Å²) in [7, 11) is 0. The van der Waals surface area contributed by atoms with Gasteiger partial charge in [0.05, 0.1) is 6.04 Å². The maximum Gasteiger partial charge on any atom is 0.222 e. The van der Waals surface area contributed by atoms with E-state index in [9.17, 15) is 4.79 Å². The van der Waals surface area contributed by atoms with Crippen molar-refractivity contribution in [3.05, 3.63) is 35.4 Å². The van der Waals surface area contributed by atoms with Crippen molar-refractivity contribution >= 4 is 17.7 Å². The molecule has 1 aromatic carbocycles. The fraction of sp³-hybridized carbons (Fsp3) is 0.562. The highest BCUT2D eigenvalue weighted by Gasteiger charge is 2.29. The Morgan fingerprint density at radius 2 is 2.20 bits per heavy atom. The normalized spacial score (nSPS) is 28.9. The quantitative estimate of drug-likeness (QED) is 0.898. The molecule has 1 amide bonds. The van der Waals surface area contributed by atoms with Gasteiger partial charge in [0.1, 0.15) is 0 Å². The third kappa shape index (κ3) is 3.01. The van der Waals surface area contributed by atoms with Crippen molar-refractivity contribution < 1.29 is 4.79 Å². The molecular formula is C16H22N2OS. The highest BCUT2D eigenvalue weighted by Crippen LogP contribution is 2.39. The zero-order valence-electron chi connectivity index (χ0n) is 11.9. The second kappa shape index (κ2) is 6.19. The summed E-state index contributed by atoms with van der Waals surface area (Å²) in [4.78, 5) is 12.2. The summed E-state index contributed by atoms with van der Waals surface area (Å²) in [5, 5.41) is 6.65. The van der Waals surface area contributed by atoms with Crippen molar-refractivity contribution in [1.82, 2.24) is 10.6 Å². The van der Waals surface area contributed by atoms with Crippen LogP contribution in [0.2, 0.25) is 0 Å². The maximum absolute atomic E-state index is 12.2. The molecule has 1 aromatic rings. The van der Waals surface area contributed by atoms with E-state index in [1.54, 1.807) is 0 Å². The molecule has 1 saturated heterocycles. The van der Waals surface area contributed by atoms with E-state index >= 15 is 0 Å². The van der Waals surface area contributed by atoms with Crippen LogP contribution in [0.5, 0.6) is 0 Å². The lowest BCUT2D eigenvalue weighted by Gasteiger charge is -2.23. The lowest BCUT2D eigenvalue weighted by atomic mass is 10.0. The monoisotopic (exact) mass is 290 g/mol. The molecule has 0 radical (unpaired) electrons. The van der Waals surface area contributed by atoms with Crippen molar-refractivity contribution in [2.24, 2.45) is 0 Å². The standard InChI is InChI=1S/C16H22N2OS/c1-11-8-15(14-5-3-2-4-13(11)14)18-16(19)9-12-10-20-7-6-17-12/h2-5,11-12,15,17H,6-10H2,1H3,(H,18,19)/t11-,12+,15+/m1/s1. The molecule has 3 rings (SSSR count). The molecule has 0 spiro atoms. The van der Waals surface area contributed by atoms with Crippen LogP contribution in [0.15, 0.2) is 24.3 Å². The third-order valence-electron chi connectivity index (χ3n) is 4.26. The van der Waals surface area contributed by atoms with Crippen LogP contribution >= 0.6 is 11.8 Å². The average Bonchev–Trinajstić information content (AvgIpc) is 2.77. The smallest absolute Gasteiger partial charge is 0.222 e. The van der Waals surface area contributed by atoms with Crippen LogP contribution in [-0.4, -0.2) is 30.0 Å². The van der Waals surface area contributed by atoms with E-state index in [0.29, 0.717) is 18.4 Å². The second-order valence-corrected chi connectivity index (χ2v) is 6.97. The van der Waals surface area contributed by atoms with Gasteiger partial charge >= 0.3 is 0 Å². The van der Waals surface area contributed by atoms with Gasteiger partial charge in [0, 0.05) is 30.5 Å². The number of rotatable bonds is 3. The van der Waals surface area contributed by atoms with Crippen molar-refractivity contribution in [3.63, 3.8) is 0 Å². The van der Waals surface area contributed by atoms with E-state index in [0.717, 1.165) is 24.5 Å². The summed E-state index contributed by atoms with van der Waals surface area (Å²) < 4.78 is 0. The second-order valence-electron chi connectivity index (χ2n) is 5.82. The molecule has 0 saturated carbocycles. The molecule has 3 nitrogen and oxygen atoms in total. The maximum atomic E-state index is 12.2. The molecular weight excluding hydrogens is 268 g/mol. The van der Waals surface area contributed by atoms with Crippen molar-refractivity contribution in [3.8, 4) is 0 Å². The first-order valence-corrected chi connectivity index (χ1v) is 8.59.